The van der Waals surface area contributed by atoms with Crippen LogP contribution in [0, 0.1) is 0 Å². The summed E-state index contributed by atoms with van der Waals surface area (Å²) in [5, 5.41) is 12.2. The highest BCUT2D eigenvalue weighted by Gasteiger charge is 2.16. The summed E-state index contributed by atoms with van der Waals surface area (Å²) in [6.07, 6.45) is 2.59. The maximum absolute atomic E-state index is 5.75. The minimum absolute atomic E-state index is 0.545. The first-order valence-corrected chi connectivity index (χ1v) is 10.1. The summed E-state index contributed by atoms with van der Waals surface area (Å²) in [6, 6.07) is 11.6. The first kappa shape index (κ1) is 22.7. The van der Waals surface area contributed by atoms with Crippen LogP contribution in [0.5, 0.6) is 11.6 Å². The fourth-order valence-corrected chi connectivity index (χ4v) is 2.98. The van der Waals surface area contributed by atoms with Crippen LogP contribution in [0.2, 0.25) is 0 Å². The smallest absolute Gasteiger partial charge is 0.213 e. The maximum atomic E-state index is 5.75. The van der Waals surface area contributed by atoms with E-state index in [0.717, 1.165) is 35.1 Å². The van der Waals surface area contributed by atoms with Crippen molar-refractivity contribution in [1.29, 1.82) is 0 Å². The molecule has 0 fully saturated rings. The van der Waals surface area contributed by atoms with E-state index in [1.807, 2.05) is 41.0 Å². The van der Waals surface area contributed by atoms with Crippen LogP contribution in [0.1, 0.15) is 12.2 Å². The molecule has 9 nitrogen and oxygen atoms in total. The molecule has 0 spiro atoms. The second-order valence-corrected chi connectivity index (χ2v) is 6.72. The molecule has 0 aliphatic heterocycles. The molecule has 0 bridgehead atoms. The Hall–Kier alpha value is -3.01. The number of nitrogens with one attached hydrogen (secondary N) is 1. The number of methoxy groups -OCH3 is 3. The summed E-state index contributed by atoms with van der Waals surface area (Å²) in [5.41, 5.74) is 1.78. The second kappa shape index (κ2) is 12.0. The lowest BCUT2D eigenvalue weighted by Gasteiger charge is -2.12. The predicted octanol–water partition coefficient (Wildman–Crippen LogP) is 2.49. The monoisotopic (exact) mass is 427 g/mol. The molecule has 0 aliphatic carbocycles. The van der Waals surface area contributed by atoms with Crippen LogP contribution >= 0.6 is 0 Å². The minimum Gasteiger partial charge on any atom is -0.494 e. The SMILES string of the molecule is COCCCOc1ccc(-c2nnc(CNCCOC)n2-c2ccc(OC)nc2)cc1. The summed E-state index contributed by atoms with van der Waals surface area (Å²) >= 11 is 0. The lowest BCUT2D eigenvalue weighted by atomic mass is 10.2. The van der Waals surface area contributed by atoms with Gasteiger partial charge in [-0.1, -0.05) is 0 Å². The normalized spacial score (nSPS) is 10.9. The summed E-state index contributed by atoms with van der Waals surface area (Å²) in [6.45, 7) is 3.17. The molecule has 1 N–H and O–H groups in total. The highest BCUT2D eigenvalue weighted by molar-refractivity contribution is 5.59. The van der Waals surface area contributed by atoms with E-state index in [9.17, 15) is 0 Å². The Morgan fingerprint density at radius 2 is 1.71 bits per heavy atom. The van der Waals surface area contributed by atoms with Gasteiger partial charge >= 0.3 is 0 Å². The van der Waals surface area contributed by atoms with E-state index in [0.29, 0.717) is 38.8 Å². The van der Waals surface area contributed by atoms with Gasteiger partial charge in [-0.15, -0.1) is 10.2 Å². The van der Waals surface area contributed by atoms with Gasteiger partial charge in [-0.3, -0.25) is 4.57 Å². The zero-order chi connectivity index (χ0) is 21.9. The van der Waals surface area contributed by atoms with Crippen molar-refractivity contribution >= 4 is 0 Å². The largest absolute Gasteiger partial charge is 0.494 e. The number of hydrogen-bond donors (Lipinski definition) is 1. The molecule has 0 unspecified atom stereocenters. The van der Waals surface area contributed by atoms with E-state index in [1.54, 1.807) is 27.5 Å². The van der Waals surface area contributed by atoms with Crippen molar-refractivity contribution in [3.63, 3.8) is 0 Å². The van der Waals surface area contributed by atoms with Crippen LogP contribution in [0.3, 0.4) is 0 Å². The van der Waals surface area contributed by atoms with Gasteiger partial charge in [-0.2, -0.15) is 0 Å². The predicted molar refractivity (Wildman–Crippen MR) is 117 cm³/mol. The molecule has 9 heteroatoms. The molecular formula is C22H29N5O4. The van der Waals surface area contributed by atoms with Crippen LogP contribution < -0.4 is 14.8 Å². The van der Waals surface area contributed by atoms with Gasteiger partial charge in [0.25, 0.3) is 0 Å². The van der Waals surface area contributed by atoms with Gasteiger partial charge in [-0.05, 0) is 30.3 Å². The van der Waals surface area contributed by atoms with Gasteiger partial charge in [-0.25, -0.2) is 4.98 Å². The van der Waals surface area contributed by atoms with Crippen molar-refractivity contribution in [3.05, 3.63) is 48.4 Å². The molecule has 0 aliphatic rings. The molecule has 0 radical (unpaired) electrons. The summed E-state index contributed by atoms with van der Waals surface area (Å²) in [7, 11) is 4.96. The lowest BCUT2D eigenvalue weighted by Crippen LogP contribution is -2.21. The molecule has 0 amide bonds. The van der Waals surface area contributed by atoms with E-state index in [1.165, 1.54) is 0 Å². The maximum Gasteiger partial charge on any atom is 0.213 e. The Kier molecular flexibility index (Phi) is 8.77. The van der Waals surface area contributed by atoms with E-state index in [2.05, 4.69) is 20.5 Å². The molecule has 0 saturated carbocycles. The number of benzene rings is 1. The standard InChI is InChI=1S/C22H29N5O4/c1-28-12-4-13-31-19-8-5-17(6-9-19)22-26-25-20(16-23-11-14-29-2)27(22)18-7-10-21(30-3)24-15-18/h5-10,15,23H,4,11-14,16H2,1-3H3. The van der Waals surface area contributed by atoms with E-state index >= 15 is 0 Å². The fraction of sp³-hybridized carbons (Fsp3) is 0.409. The Balaban J connectivity index is 1.83. The molecular weight excluding hydrogens is 398 g/mol. The highest BCUT2D eigenvalue weighted by atomic mass is 16.5. The quantitative estimate of drug-likeness (QED) is 0.416. The van der Waals surface area contributed by atoms with Crippen molar-refractivity contribution in [2.45, 2.75) is 13.0 Å². The van der Waals surface area contributed by atoms with Crippen LogP contribution in [0.4, 0.5) is 0 Å². The van der Waals surface area contributed by atoms with Gasteiger partial charge in [0.05, 0.1) is 38.8 Å². The average molecular weight is 428 g/mol. The second-order valence-electron chi connectivity index (χ2n) is 6.72. The molecule has 0 saturated heterocycles. The van der Waals surface area contributed by atoms with Crippen molar-refractivity contribution in [3.8, 4) is 28.7 Å². The first-order chi connectivity index (χ1) is 15.3. The highest BCUT2D eigenvalue weighted by Crippen LogP contribution is 2.25. The molecule has 2 heterocycles. The Labute approximate surface area is 182 Å². The Morgan fingerprint density at radius 3 is 2.39 bits per heavy atom. The van der Waals surface area contributed by atoms with Crippen LogP contribution in [-0.4, -0.2) is 67.4 Å². The van der Waals surface area contributed by atoms with Gasteiger partial charge < -0.3 is 24.3 Å². The number of aromatic nitrogens is 4. The minimum atomic E-state index is 0.545. The third-order valence-electron chi connectivity index (χ3n) is 4.56. The topological polar surface area (TPSA) is 92.6 Å². The Morgan fingerprint density at radius 1 is 0.903 bits per heavy atom. The Bertz CT molecular complexity index is 913. The number of pyridine rings is 1. The van der Waals surface area contributed by atoms with E-state index < -0.39 is 0 Å². The first-order valence-electron chi connectivity index (χ1n) is 10.1. The molecule has 166 valence electrons. The third kappa shape index (κ3) is 6.24. The van der Waals surface area contributed by atoms with Gasteiger partial charge in [0, 0.05) is 45.4 Å². The van der Waals surface area contributed by atoms with Crippen LogP contribution in [-0.2, 0) is 16.0 Å². The molecule has 31 heavy (non-hydrogen) atoms. The summed E-state index contributed by atoms with van der Waals surface area (Å²) in [4.78, 5) is 4.33. The van der Waals surface area contributed by atoms with Crippen molar-refractivity contribution in [2.75, 3.05) is 47.7 Å². The van der Waals surface area contributed by atoms with Gasteiger partial charge in [0.15, 0.2) is 11.6 Å². The van der Waals surface area contributed by atoms with Crippen molar-refractivity contribution in [1.82, 2.24) is 25.1 Å². The zero-order valence-electron chi connectivity index (χ0n) is 18.2. The van der Waals surface area contributed by atoms with Crippen molar-refractivity contribution in [2.24, 2.45) is 0 Å². The van der Waals surface area contributed by atoms with Crippen LogP contribution in [0.15, 0.2) is 42.6 Å². The molecule has 0 atom stereocenters. The van der Waals surface area contributed by atoms with E-state index in [4.69, 9.17) is 18.9 Å². The summed E-state index contributed by atoms with van der Waals surface area (Å²) < 4.78 is 23.1. The number of rotatable bonds is 13. The average Bonchev–Trinajstić information content (AvgIpc) is 3.24. The lowest BCUT2D eigenvalue weighted by molar-refractivity contribution is 0.172. The molecule has 1 aromatic carbocycles. The number of nitrogens with zero attached hydrogens (tertiary/aromatic N) is 4. The van der Waals surface area contributed by atoms with Crippen molar-refractivity contribution < 1.29 is 18.9 Å². The van der Waals surface area contributed by atoms with Crippen LogP contribution in [0.25, 0.3) is 17.1 Å². The third-order valence-corrected chi connectivity index (χ3v) is 4.56. The van der Waals surface area contributed by atoms with E-state index in [-0.39, 0.29) is 0 Å². The molecule has 2 aromatic heterocycles. The zero-order valence-corrected chi connectivity index (χ0v) is 18.2. The summed E-state index contributed by atoms with van der Waals surface area (Å²) in [5.74, 6) is 2.85. The number of ether oxygens (including phenoxy) is 4. The van der Waals surface area contributed by atoms with Gasteiger partial charge in [0.2, 0.25) is 5.88 Å². The fourth-order valence-electron chi connectivity index (χ4n) is 2.98. The number of hydrogen-bond acceptors (Lipinski definition) is 8. The molecule has 3 aromatic rings. The molecule has 3 rings (SSSR count). The van der Waals surface area contributed by atoms with Gasteiger partial charge in [0.1, 0.15) is 5.75 Å².